The first-order valence-corrected chi connectivity index (χ1v) is 16.5. The summed E-state index contributed by atoms with van der Waals surface area (Å²) in [5.41, 5.74) is 1.58. The summed E-state index contributed by atoms with van der Waals surface area (Å²) in [6.45, 7) is 4.11. The zero-order chi connectivity index (χ0) is 30.0. The number of halogens is 1. The summed E-state index contributed by atoms with van der Waals surface area (Å²) in [5.74, 6) is -0.331. The number of amides is 3. The lowest BCUT2D eigenvalue weighted by Crippen LogP contribution is -2.37. The first-order chi connectivity index (χ1) is 19.5. The van der Waals surface area contributed by atoms with Crippen LogP contribution in [0.15, 0.2) is 47.4 Å². The molecule has 1 atom stereocenters. The van der Waals surface area contributed by atoms with Crippen LogP contribution in [0.3, 0.4) is 0 Å². The average Bonchev–Trinajstić information content (AvgIpc) is 2.94. The molecule has 2 aromatic carbocycles. The van der Waals surface area contributed by atoms with Gasteiger partial charge < -0.3 is 10.2 Å². The minimum Gasteiger partial charge on any atom is -0.355 e. The molecule has 1 aliphatic carbocycles. The van der Waals surface area contributed by atoms with Crippen molar-refractivity contribution in [1.82, 2.24) is 14.9 Å². The van der Waals surface area contributed by atoms with Gasteiger partial charge in [-0.15, -0.1) is 0 Å². The Morgan fingerprint density at radius 3 is 2.41 bits per heavy atom. The van der Waals surface area contributed by atoms with Crippen molar-refractivity contribution in [2.45, 2.75) is 81.9 Å². The Bertz CT molecular complexity index is 1330. The monoisotopic (exact) mass is 621 g/mol. The van der Waals surface area contributed by atoms with Crippen LogP contribution in [0.5, 0.6) is 0 Å². The highest BCUT2D eigenvalue weighted by Crippen LogP contribution is 2.34. The fourth-order valence-corrected chi connectivity index (χ4v) is 7.06. The molecule has 0 unspecified atom stereocenters. The van der Waals surface area contributed by atoms with Crippen molar-refractivity contribution in [3.63, 3.8) is 0 Å². The quantitative estimate of drug-likeness (QED) is 0.261. The number of thiol groups is 1. The largest absolute Gasteiger partial charge is 0.355 e. The molecule has 41 heavy (non-hydrogen) atoms. The van der Waals surface area contributed by atoms with Crippen LogP contribution in [-0.2, 0) is 31.0 Å². The Kier molecular flexibility index (Phi) is 12.5. The SMILES string of the molecule is CCCC(=O)N(CCC(=O)NC[C@H](S)C1CCCCC1)Cc1ccc(-c2ccccc2S(=O)(=O)NC(C)=O)c(Cl)c1. The summed E-state index contributed by atoms with van der Waals surface area (Å²) in [4.78, 5) is 38.6. The number of benzene rings is 2. The molecule has 3 rings (SSSR count). The lowest BCUT2D eigenvalue weighted by Gasteiger charge is -2.27. The minimum atomic E-state index is -4.09. The molecular formula is C30H40ClN3O5S2. The summed E-state index contributed by atoms with van der Waals surface area (Å²) in [7, 11) is -4.09. The normalized spacial score (nSPS) is 14.7. The maximum absolute atomic E-state index is 12.9. The predicted octanol–water partition coefficient (Wildman–Crippen LogP) is 5.35. The Balaban J connectivity index is 1.69. The van der Waals surface area contributed by atoms with E-state index in [0.717, 1.165) is 25.3 Å². The Hall–Kier alpha value is -2.56. The van der Waals surface area contributed by atoms with E-state index < -0.39 is 15.9 Å². The van der Waals surface area contributed by atoms with Crippen LogP contribution in [-0.4, -0.2) is 49.4 Å². The zero-order valence-electron chi connectivity index (χ0n) is 23.7. The molecule has 1 fully saturated rings. The second-order valence-corrected chi connectivity index (χ2v) is 13.3. The Morgan fingerprint density at radius 1 is 1.05 bits per heavy atom. The summed E-state index contributed by atoms with van der Waals surface area (Å²) >= 11 is 11.3. The van der Waals surface area contributed by atoms with E-state index >= 15 is 0 Å². The van der Waals surface area contributed by atoms with Crippen molar-refractivity contribution < 1.29 is 22.8 Å². The highest BCUT2D eigenvalue weighted by atomic mass is 35.5. The molecule has 0 aliphatic heterocycles. The smallest absolute Gasteiger partial charge is 0.264 e. The molecule has 0 radical (unpaired) electrons. The molecule has 3 amide bonds. The average molecular weight is 622 g/mol. The van der Waals surface area contributed by atoms with Crippen LogP contribution in [0.2, 0.25) is 5.02 Å². The summed E-state index contributed by atoms with van der Waals surface area (Å²) in [6.07, 6.45) is 7.25. The van der Waals surface area contributed by atoms with Crippen molar-refractivity contribution in [3.8, 4) is 11.1 Å². The number of nitrogens with one attached hydrogen (secondary N) is 2. The highest BCUT2D eigenvalue weighted by molar-refractivity contribution is 7.90. The summed E-state index contributed by atoms with van der Waals surface area (Å²) in [6, 6.07) is 11.5. The van der Waals surface area contributed by atoms with Gasteiger partial charge in [-0.2, -0.15) is 12.6 Å². The number of hydrogen-bond acceptors (Lipinski definition) is 6. The van der Waals surface area contributed by atoms with Gasteiger partial charge >= 0.3 is 0 Å². The van der Waals surface area contributed by atoms with Crippen LogP contribution in [0.1, 0.15) is 70.8 Å². The van der Waals surface area contributed by atoms with Crippen molar-refractivity contribution in [1.29, 1.82) is 0 Å². The van der Waals surface area contributed by atoms with Crippen LogP contribution >= 0.6 is 24.2 Å². The van der Waals surface area contributed by atoms with E-state index in [-0.39, 0.29) is 41.5 Å². The molecule has 224 valence electrons. The van der Waals surface area contributed by atoms with E-state index in [2.05, 4.69) is 5.32 Å². The number of carbonyl (C=O) groups excluding carboxylic acids is 3. The molecule has 0 spiro atoms. The van der Waals surface area contributed by atoms with Crippen molar-refractivity contribution in [2.75, 3.05) is 13.1 Å². The molecule has 2 aromatic rings. The van der Waals surface area contributed by atoms with E-state index in [9.17, 15) is 22.8 Å². The number of nitrogens with zero attached hydrogens (tertiary/aromatic N) is 1. The lowest BCUT2D eigenvalue weighted by molar-refractivity contribution is -0.132. The lowest BCUT2D eigenvalue weighted by atomic mass is 9.86. The van der Waals surface area contributed by atoms with E-state index in [1.54, 1.807) is 41.3 Å². The van der Waals surface area contributed by atoms with Crippen LogP contribution < -0.4 is 10.0 Å². The fourth-order valence-electron chi connectivity index (χ4n) is 5.16. The van der Waals surface area contributed by atoms with Gasteiger partial charge in [0, 0.05) is 60.8 Å². The number of rotatable bonds is 13. The molecule has 1 aliphatic rings. The molecule has 0 heterocycles. The fraction of sp³-hybridized carbons (Fsp3) is 0.500. The van der Waals surface area contributed by atoms with Crippen molar-refractivity contribution in [3.05, 3.63) is 53.1 Å². The number of sulfonamides is 1. The van der Waals surface area contributed by atoms with E-state index in [0.29, 0.717) is 41.5 Å². The van der Waals surface area contributed by atoms with Crippen molar-refractivity contribution >= 4 is 52.0 Å². The molecule has 11 heteroatoms. The molecule has 1 saturated carbocycles. The van der Waals surface area contributed by atoms with Crippen LogP contribution in [0, 0.1) is 5.92 Å². The third-order valence-electron chi connectivity index (χ3n) is 7.28. The second kappa shape index (κ2) is 15.6. The molecule has 0 aromatic heterocycles. The highest BCUT2D eigenvalue weighted by Gasteiger charge is 2.23. The van der Waals surface area contributed by atoms with Crippen LogP contribution in [0.25, 0.3) is 11.1 Å². The van der Waals surface area contributed by atoms with Gasteiger partial charge in [0.2, 0.25) is 17.7 Å². The van der Waals surface area contributed by atoms with E-state index in [4.69, 9.17) is 24.2 Å². The van der Waals surface area contributed by atoms with E-state index in [1.807, 2.05) is 11.6 Å². The molecule has 8 nitrogen and oxygen atoms in total. The van der Waals surface area contributed by atoms with Gasteiger partial charge in [0.15, 0.2) is 0 Å². The summed E-state index contributed by atoms with van der Waals surface area (Å²) in [5, 5.41) is 3.42. The number of hydrogen-bond donors (Lipinski definition) is 3. The minimum absolute atomic E-state index is 0.0541. The van der Waals surface area contributed by atoms with Gasteiger partial charge in [-0.3, -0.25) is 14.4 Å². The third-order valence-corrected chi connectivity index (χ3v) is 9.69. The first kappa shape index (κ1) is 32.9. The number of carbonyl (C=O) groups is 3. The van der Waals surface area contributed by atoms with Gasteiger partial charge in [0.25, 0.3) is 10.0 Å². The predicted molar refractivity (Wildman–Crippen MR) is 165 cm³/mol. The Morgan fingerprint density at radius 2 is 1.76 bits per heavy atom. The maximum Gasteiger partial charge on any atom is 0.264 e. The van der Waals surface area contributed by atoms with Gasteiger partial charge in [-0.25, -0.2) is 13.1 Å². The van der Waals surface area contributed by atoms with Crippen LogP contribution in [0.4, 0.5) is 0 Å². The second-order valence-electron chi connectivity index (χ2n) is 10.6. The Labute approximate surface area is 254 Å². The van der Waals surface area contributed by atoms with Gasteiger partial charge in [-0.1, -0.05) is 68.1 Å². The standard InChI is InChI=1S/C30H40ClN3O5S2/c1-3-9-30(37)34(17-16-29(36)32-19-27(40)23-10-5-4-6-11-23)20-22-14-15-24(26(31)18-22)25-12-7-8-13-28(25)41(38,39)33-21(2)35/h7-8,12-15,18,23,27,40H,3-6,9-11,16-17,19-20H2,1-2H3,(H,32,36)(H,33,35)/t27-/m0/s1. The maximum atomic E-state index is 12.9. The molecular weight excluding hydrogens is 582 g/mol. The third kappa shape index (κ3) is 9.75. The molecule has 0 bridgehead atoms. The van der Waals surface area contributed by atoms with Crippen molar-refractivity contribution in [2.24, 2.45) is 5.92 Å². The summed E-state index contributed by atoms with van der Waals surface area (Å²) < 4.78 is 27.5. The van der Waals surface area contributed by atoms with Gasteiger partial charge in [-0.05, 0) is 42.9 Å². The van der Waals surface area contributed by atoms with E-state index in [1.165, 1.54) is 25.3 Å². The van der Waals surface area contributed by atoms with Gasteiger partial charge in [0.05, 0.1) is 4.90 Å². The zero-order valence-corrected chi connectivity index (χ0v) is 26.2. The van der Waals surface area contributed by atoms with Gasteiger partial charge in [0.1, 0.15) is 0 Å². The topological polar surface area (TPSA) is 113 Å². The molecule has 2 N–H and O–H groups in total. The molecule has 0 saturated heterocycles. The first-order valence-electron chi connectivity index (χ1n) is 14.2.